The maximum atomic E-state index is 12.9. The summed E-state index contributed by atoms with van der Waals surface area (Å²) in [7, 11) is 0. The largest absolute Gasteiger partial charge is 0.482 e. The first-order valence-corrected chi connectivity index (χ1v) is 10.7. The third-order valence-electron chi connectivity index (χ3n) is 5.00. The third kappa shape index (κ3) is 5.27. The Hall–Kier alpha value is -2.94. The van der Waals surface area contributed by atoms with Gasteiger partial charge in [-0.1, -0.05) is 0 Å². The number of benzene rings is 2. The quantitative estimate of drug-likeness (QED) is 0.426. The number of rotatable bonds is 7. The lowest BCUT2D eigenvalue weighted by Crippen LogP contribution is -2.10. The predicted octanol–water partition coefficient (Wildman–Crippen LogP) is 6.13. The van der Waals surface area contributed by atoms with Crippen LogP contribution in [-0.4, -0.2) is 27.5 Å². The molecule has 0 fully saturated rings. The Morgan fingerprint density at radius 1 is 1.16 bits per heavy atom. The molecule has 0 saturated carbocycles. The molecule has 2 aromatic carbocycles. The van der Waals surface area contributed by atoms with E-state index in [1.165, 1.54) is 12.1 Å². The van der Waals surface area contributed by atoms with Crippen molar-refractivity contribution < 1.29 is 27.8 Å². The van der Waals surface area contributed by atoms with Gasteiger partial charge in [0.05, 0.1) is 16.9 Å². The van der Waals surface area contributed by atoms with Gasteiger partial charge in [0.15, 0.2) is 6.61 Å². The van der Waals surface area contributed by atoms with Crippen LogP contribution in [0.1, 0.15) is 40.3 Å². The zero-order valence-electron chi connectivity index (χ0n) is 18.0. The summed E-state index contributed by atoms with van der Waals surface area (Å²) in [5, 5.41) is 13.3. The number of aryl methyl sites for hydroxylation is 2. The average Bonchev–Trinajstić information content (AvgIpc) is 3.00. The number of carbonyl (C=O) groups is 1. The number of aliphatic carboxylic acids is 1. The highest BCUT2D eigenvalue weighted by Gasteiger charge is 2.30. The minimum Gasteiger partial charge on any atom is -0.482 e. The molecule has 3 rings (SSSR count). The van der Waals surface area contributed by atoms with Gasteiger partial charge in [0.25, 0.3) is 0 Å². The number of aromatic nitrogens is 2. The molecule has 1 N–H and O–H groups in total. The number of carboxylic acids is 1. The molecule has 0 spiro atoms. The highest BCUT2D eigenvalue weighted by Crippen LogP contribution is 2.39. The lowest BCUT2D eigenvalue weighted by Gasteiger charge is -2.14. The topological polar surface area (TPSA) is 64.4 Å². The van der Waals surface area contributed by atoms with Gasteiger partial charge in [0, 0.05) is 21.4 Å². The minimum absolute atomic E-state index is 0.0309. The van der Waals surface area contributed by atoms with Crippen molar-refractivity contribution in [3.05, 3.63) is 70.5 Å². The van der Waals surface area contributed by atoms with E-state index >= 15 is 0 Å². The molecule has 3 aromatic rings. The van der Waals surface area contributed by atoms with Crippen LogP contribution in [0, 0.1) is 20.8 Å². The van der Waals surface area contributed by atoms with E-state index in [4.69, 9.17) is 9.84 Å². The van der Waals surface area contributed by atoms with Gasteiger partial charge < -0.3 is 9.84 Å². The second-order valence-corrected chi connectivity index (χ2v) is 8.82. The summed E-state index contributed by atoms with van der Waals surface area (Å²) in [5.41, 5.74) is 3.38. The summed E-state index contributed by atoms with van der Waals surface area (Å²) in [4.78, 5) is 11.7. The molecule has 0 aliphatic carbocycles. The molecule has 0 radical (unpaired) electrons. The molecule has 0 bridgehead atoms. The summed E-state index contributed by atoms with van der Waals surface area (Å²) in [5.74, 6) is -0.514. The van der Waals surface area contributed by atoms with E-state index in [0.717, 1.165) is 39.5 Å². The molecule has 0 amide bonds. The number of thioether (sulfide) groups is 1. The number of nitrogens with zero attached hydrogens (tertiary/aromatic N) is 2. The molecule has 1 atom stereocenters. The van der Waals surface area contributed by atoms with Gasteiger partial charge >= 0.3 is 12.1 Å². The Morgan fingerprint density at radius 3 is 2.38 bits per heavy atom. The van der Waals surface area contributed by atoms with Crippen LogP contribution in [0.3, 0.4) is 0 Å². The van der Waals surface area contributed by atoms with E-state index in [2.05, 4.69) is 5.10 Å². The molecule has 0 aliphatic rings. The van der Waals surface area contributed by atoms with Crippen molar-refractivity contribution in [3.8, 4) is 11.4 Å². The Bertz CT molecular complexity index is 1120. The van der Waals surface area contributed by atoms with Crippen molar-refractivity contribution in [2.45, 2.75) is 44.0 Å². The van der Waals surface area contributed by atoms with E-state index in [1.54, 1.807) is 22.5 Å². The Labute approximate surface area is 188 Å². The van der Waals surface area contributed by atoms with Gasteiger partial charge in [-0.2, -0.15) is 18.3 Å². The molecule has 1 unspecified atom stereocenters. The van der Waals surface area contributed by atoms with Crippen molar-refractivity contribution in [3.63, 3.8) is 0 Å². The molecule has 9 heteroatoms. The number of carboxylic acid groups (broad SMARTS) is 1. The van der Waals surface area contributed by atoms with Crippen LogP contribution in [0.2, 0.25) is 0 Å². The predicted molar refractivity (Wildman–Crippen MR) is 117 cm³/mol. The molecule has 32 heavy (non-hydrogen) atoms. The first kappa shape index (κ1) is 23.7. The average molecular weight is 465 g/mol. The van der Waals surface area contributed by atoms with E-state index < -0.39 is 24.3 Å². The van der Waals surface area contributed by atoms with Crippen LogP contribution >= 0.6 is 11.8 Å². The first-order chi connectivity index (χ1) is 15.0. The van der Waals surface area contributed by atoms with Crippen LogP contribution in [0.25, 0.3) is 5.69 Å². The smallest absolute Gasteiger partial charge is 0.416 e. The van der Waals surface area contributed by atoms with Crippen molar-refractivity contribution in [2.24, 2.45) is 0 Å². The fraction of sp³-hybridized carbons (Fsp3) is 0.304. The number of ether oxygens (including phenoxy) is 1. The van der Waals surface area contributed by atoms with Crippen LogP contribution < -0.4 is 4.74 Å². The van der Waals surface area contributed by atoms with Gasteiger partial charge in [0.1, 0.15) is 5.75 Å². The third-order valence-corrected chi connectivity index (χ3v) is 6.12. The molecule has 1 heterocycles. The zero-order chi connectivity index (χ0) is 23.6. The summed E-state index contributed by atoms with van der Waals surface area (Å²) in [6.45, 7) is 7.28. The summed E-state index contributed by atoms with van der Waals surface area (Å²) < 4.78 is 45.5. The van der Waals surface area contributed by atoms with E-state index in [-0.39, 0.29) is 5.25 Å². The second kappa shape index (κ2) is 9.28. The summed E-state index contributed by atoms with van der Waals surface area (Å²) in [6, 6.07) is 10.5. The summed E-state index contributed by atoms with van der Waals surface area (Å²) >= 11 is 1.61. The van der Waals surface area contributed by atoms with Gasteiger partial charge in [-0.15, -0.1) is 11.8 Å². The van der Waals surface area contributed by atoms with Crippen LogP contribution in [0.15, 0.2) is 47.4 Å². The van der Waals surface area contributed by atoms with E-state index in [9.17, 15) is 18.0 Å². The van der Waals surface area contributed by atoms with Crippen molar-refractivity contribution >= 4 is 17.7 Å². The lowest BCUT2D eigenvalue weighted by atomic mass is 10.1. The van der Waals surface area contributed by atoms with Gasteiger partial charge in [-0.05, 0) is 75.7 Å². The fourth-order valence-electron chi connectivity index (χ4n) is 3.55. The van der Waals surface area contributed by atoms with Crippen LogP contribution in [-0.2, 0) is 11.0 Å². The Kier molecular flexibility index (Phi) is 6.88. The first-order valence-electron chi connectivity index (χ1n) is 9.83. The van der Waals surface area contributed by atoms with Crippen molar-refractivity contribution in [2.75, 3.05) is 6.61 Å². The Balaban J connectivity index is 1.81. The second-order valence-electron chi connectivity index (χ2n) is 7.41. The molecular weight excluding hydrogens is 441 g/mol. The molecule has 170 valence electrons. The van der Waals surface area contributed by atoms with Crippen LogP contribution in [0.5, 0.6) is 5.75 Å². The number of hydrogen-bond acceptors (Lipinski definition) is 4. The lowest BCUT2D eigenvalue weighted by molar-refractivity contribution is -0.139. The summed E-state index contributed by atoms with van der Waals surface area (Å²) in [6.07, 6.45) is -4.38. The van der Waals surface area contributed by atoms with Crippen molar-refractivity contribution in [1.29, 1.82) is 0 Å². The van der Waals surface area contributed by atoms with Gasteiger partial charge in [-0.25, -0.2) is 9.48 Å². The van der Waals surface area contributed by atoms with Crippen LogP contribution in [0.4, 0.5) is 13.2 Å². The molecule has 5 nitrogen and oxygen atoms in total. The van der Waals surface area contributed by atoms with Crippen molar-refractivity contribution in [1.82, 2.24) is 9.78 Å². The zero-order valence-corrected chi connectivity index (χ0v) is 18.8. The molecular formula is C23H23F3N2O3S. The number of hydrogen-bond donors (Lipinski definition) is 1. The normalized spacial score (nSPS) is 12.6. The SMILES string of the molecule is Cc1cc(SC(C)c2c(C)nn(-c3ccc(C(F)(F)F)cc3)c2C)ccc1OCC(=O)O. The highest BCUT2D eigenvalue weighted by atomic mass is 32.2. The van der Waals surface area contributed by atoms with Gasteiger partial charge in [-0.3, -0.25) is 0 Å². The maximum absolute atomic E-state index is 12.9. The monoisotopic (exact) mass is 464 g/mol. The van der Waals surface area contributed by atoms with E-state index in [1.807, 2.05) is 39.8 Å². The molecule has 0 aliphatic heterocycles. The highest BCUT2D eigenvalue weighted by molar-refractivity contribution is 7.99. The van der Waals surface area contributed by atoms with Gasteiger partial charge in [0.2, 0.25) is 0 Å². The number of halogens is 3. The van der Waals surface area contributed by atoms with E-state index in [0.29, 0.717) is 11.4 Å². The number of alkyl halides is 3. The molecule has 0 saturated heterocycles. The minimum atomic E-state index is -4.38. The maximum Gasteiger partial charge on any atom is 0.416 e. The standard InChI is InChI=1S/C23H23F3N2O3S/c1-13-11-19(9-10-20(13)31-12-21(29)30)32-16(4)22-14(2)27-28(15(22)3)18-7-5-17(6-8-18)23(24,25)26/h5-11,16H,12H2,1-4H3,(H,29,30). The fourth-order valence-corrected chi connectivity index (χ4v) is 4.80. The molecule has 1 aromatic heterocycles. The Morgan fingerprint density at radius 2 is 1.81 bits per heavy atom.